The zero-order valence-corrected chi connectivity index (χ0v) is 14.5. The number of aryl methyl sites for hydroxylation is 2. The number of nitrogens with one attached hydrogen (secondary N) is 1. The third-order valence-corrected chi connectivity index (χ3v) is 5.53. The SMILES string of the molecule is Cc1cc(NS(=O)(=O)c2ccc(C(=O)N3CCCC3)cc2)nn1C. The molecule has 2 heterocycles. The average molecular weight is 348 g/mol. The molecule has 0 spiro atoms. The Morgan fingerprint density at radius 2 is 1.79 bits per heavy atom. The van der Waals surface area contributed by atoms with E-state index in [0.29, 0.717) is 5.56 Å². The van der Waals surface area contributed by atoms with Gasteiger partial charge in [-0.3, -0.25) is 14.2 Å². The smallest absolute Gasteiger partial charge is 0.263 e. The molecular weight excluding hydrogens is 328 g/mol. The summed E-state index contributed by atoms with van der Waals surface area (Å²) in [6.45, 7) is 3.36. The first-order valence-corrected chi connectivity index (χ1v) is 9.28. The molecule has 0 bridgehead atoms. The van der Waals surface area contributed by atoms with Crippen LogP contribution in [-0.2, 0) is 17.1 Å². The van der Waals surface area contributed by atoms with Gasteiger partial charge < -0.3 is 4.90 Å². The van der Waals surface area contributed by atoms with Gasteiger partial charge in [0.2, 0.25) is 0 Å². The lowest BCUT2D eigenvalue weighted by Crippen LogP contribution is -2.27. The number of aromatic nitrogens is 2. The first-order valence-electron chi connectivity index (χ1n) is 7.79. The van der Waals surface area contributed by atoms with E-state index in [9.17, 15) is 13.2 Å². The predicted octanol–water partition coefficient (Wildman–Crippen LogP) is 1.77. The molecule has 0 atom stereocenters. The van der Waals surface area contributed by atoms with Crippen LogP contribution in [0, 0.1) is 6.92 Å². The second-order valence-electron chi connectivity index (χ2n) is 5.92. The molecule has 1 saturated heterocycles. The zero-order valence-electron chi connectivity index (χ0n) is 13.7. The third kappa shape index (κ3) is 3.28. The number of likely N-dealkylation sites (tertiary alicyclic amines) is 1. The Morgan fingerprint density at radius 1 is 1.17 bits per heavy atom. The van der Waals surface area contributed by atoms with Crippen LogP contribution in [-0.4, -0.2) is 42.1 Å². The minimum absolute atomic E-state index is 0.0512. The van der Waals surface area contributed by atoms with Crippen molar-refractivity contribution in [2.75, 3.05) is 17.8 Å². The maximum Gasteiger partial charge on any atom is 0.263 e. The number of carbonyl (C=O) groups excluding carboxylic acids is 1. The fourth-order valence-electron chi connectivity index (χ4n) is 2.69. The number of sulfonamides is 1. The molecule has 7 nitrogen and oxygen atoms in total. The minimum Gasteiger partial charge on any atom is -0.339 e. The molecule has 128 valence electrons. The van der Waals surface area contributed by atoms with Crippen molar-refractivity contribution in [1.82, 2.24) is 14.7 Å². The highest BCUT2D eigenvalue weighted by atomic mass is 32.2. The van der Waals surface area contributed by atoms with E-state index in [1.165, 1.54) is 12.1 Å². The second kappa shape index (κ2) is 6.27. The number of rotatable bonds is 4. The van der Waals surface area contributed by atoms with Gasteiger partial charge in [-0.2, -0.15) is 5.10 Å². The lowest BCUT2D eigenvalue weighted by Gasteiger charge is -2.15. The Kier molecular flexibility index (Phi) is 4.31. The van der Waals surface area contributed by atoms with Crippen LogP contribution in [0.25, 0.3) is 0 Å². The summed E-state index contributed by atoms with van der Waals surface area (Å²) < 4.78 is 28.8. The predicted molar refractivity (Wildman–Crippen MR) is 90.3 cm³/mol. The molecule has 0 unspecified atom stereocenters. The maximum atomic E-state index is 12.4. The summed E-state index contributed by atoms with van der Waals surface area (Å²) in [7, 11) is -1.99. The van der Waals surface area contributed by atoms with Gasteiger partial charge in [0, 0.05) is 37.5 Å². The molecule has 1 aliphatic rings. The van der Waals surface area contributed by atoms with Crippen LogP contribution in [0.15, 0.2) is 35.2 Å². The fraction of sp³-hybridized carbons (Fsp3) is 0.375. The highest BCUT2D eigenvalue weighted by molar-refractivity contribution is 7.92. The van der Waals surface area contributed by atoms with Gasteiger partial charge in [-0.1, -0.05) is 0 Å². The van der Waals surface area contributed by atoms with E-state index >= 15 is 0 Å². The van der Waals surface area contributed by atoms with E-state index in [1.807, 2.05) is 6.92 Å². The number of nitrogens with zero attached hydrogens (tertiary/aromatic N) is 3. The molecule has 1 N–H and O–H groups in total. The van der Waals surface area contributed by atoms with Crippen LogP contribution in [0.1, 0.15) is 28.9 Å². The normalized spacial score (nSPS) is 14.8. The van der Waals surface area contributed by atoms with Crippen molar-refractivity contribution in [2.24, 2.45) is 7.05 Å². The van der Waals surface area contributed by atoms with Gasteiger partial charge in [-0.05, 0) is 44.0 Å². The summed E-state index contributed by atoms with van der Waals surface area (Å²) in [6, 6.07) is 7.66. The first-order chi connectivity index (χ1) is 11.4. The van der Waals surface area contributed by atoms with Gasteiger partial charge in [-0.15, -0.1) is 0 Å². The van der Waals surface area contributed by atoms with E-state index in [2.05, 4.69) is 9.82 Å². The van der Waals surface area contributed by atoms with Gasteiger partial charge in [0.1, 0.15) is 0 Å². The molecule has 1 aromatic heterocycles. The standard InChI is InChI=1S/C16H20N4O3S/c1-12-11-15(17-19(12)2)18-24(22,23)14-7-5-13(6-8-14)16(21)20-9-3-4-10-20/h5-8,11H,3-4,9-10H2,1-2H3,(H,17,18). The molecule has 3 rings (SSSR count). The number of hydrogen-bond donors (Lipinski definition) is 1. The second-order valence-corrected chi connectivity index (χ2v) is 7.61. The van der Waals surface area contributed by atoms with Crippen LogP contribution < -0.4 is 4.72 Å². The van der Waals surface area contributed by atoms with Crippen molar-refractivity contribution in [3.05, 3.63) is 41.6 Å². The quantitative estimate of drug-likeness (QED) is 0.912. The Hall–Kier alpha value is -2.35. The average Bonchev–Trinajstić information content (AvgIpc) is 3.17. The zero-order chi connectivity index (χ0) is 17.3. The van der Waals surface area contributed by atoms with Gasteiger partial charge >= 0.3 is 0 Å². The van der Waals surface area contributed by atoms with Crippen LogP contribution in [0.3, 0.4) is 0 Å². The molecule has 0 radical (unpaired) electrons. The molecule has 1 aromatic carbocycles. The van der Waals surface area contributed by atoms with Crippen molar-refractivity contribution >= 4 is 21.7 Å². The summed E-state index contributed by atoms with van der Waals surface area (Å²) in [4.78, 5) is 14.2. The van der Waals surface area contributed by atoms with Crippen LogP contribution in [0.4, 0.5) is 5.82 Å². The highest BCUT2D eigenvalue weighted by Crippen LogP contribution is 2.18. The molecule has 1 aliphatic heterocycles. The molecule has 1 fully saturated rings. The highest BCUT2D eigenvalue weighted by Gasteiger charge is 2.21. The molecule has 24 heavy (non-hydrogen) atoms. The van der Waals surface area contributed by atoms with Gasteiger partial charge in [-0.25, -0.2) is 8.42 Å². The number of benzene rings is 1. The van der Waals surface area contributed by atoms with E-state index in [0.717, 1.165) is 31.6 Å². The summed E-state index contributed by atoms with van der Waals surface area (Å²) in [6.07, 6.45) is 2.04. The molecule has 8 heteroatoms. The van der Waals surface area contributed by atoms with Crippen molar-refractivity contribution in [1.29, 1.82) is 0 Å². The Labute approximate surface area is 141 Å². The van der Waals surface area contributed by atoms with E-state index < -0.39 is 10.0 Å². The van der Waals surface area contributed by atoms with E-state index in [4.69, 9.17) is 0 Å². The molecule has 2 aromatic rings. The van der Waals surface area contributed by atoms with Crippen molar-refractivity contribution in [2.45, 2.75) is 24.7 Å². The molecule has 0 aliphatic carbocycles. The largest absolute Gasteiger partial charge is 0.339 e. The summed E-state index contributed by atoms with van der Waals surface area (Å²) in [5.41, 5.74) is 1.35. The third-order valence-electron chi connectivity index (χ3n) is 4.16. The summed E-state index contributed by atoms with van der Waals surface area (Å²) >= 11 is 0. The van der Waals surface area contributed by atoms with Crippen LogP contribution in [0.5, 0.6) is 0 Å². The van der Waals surface area contributed by atoms with Crippen molar-refractivity contribution in [3.8, 4) is 0 Å². The van der Waals surface area contributed by atoms with Crippen LogP contribution in [0.2, 0.25) is 0 Å². The number of amides is 1. The topological polar surface area (TPSA) is 84.3 Å². The van der Waals surface area contributed by atoms with E-state index in [1.54, 1.807) is 34.8 Å². The lowest BCUT2D eigenvalue weighted by atomic mass is 10.2. The number of carbonyl (C=O) groups is 1. The fourth-order valence-corrected chi connectivity index (χ4v) is 3.67. The maximum absolute atomic E-state index is 12.4. The van der Waals surface area contributed by atoms with Gasteiger partial charge in [0.15, 0.2) is 5.82 Å². The van der Waals surface area contributed by atoms with Crippen molar-refractivity contribution < 1.29 is 13.2 Å². The Bertz CT molecular complexity index is 830. The van der Waals surface area contributed by atoms with Crippen molar-refractivity contribution in [3.63, 3.8) is 0 Å². The van der Waals surface area contributed by atoms with E-state index in [-0.39, 0.29) is 16.6 Å². The molecular formula is C16H20N4O3S. The Balaban J connectivity index is 1.77. The molecule has 0 saturated carbocycles. The number of hydrogen-bond acceptors (Lipinski definition) is 4. The first kappa shape index (κ1) is 16.5. The Morgan fingerprint density at radius 3 is 2.33 bits per heavy atom. The minimum atomic E-state index is -3.73. The summed E-state index contributed by atoms with van der Waals surface area (Å²) in [5.74, 6) is 0.219. The monoisotopic (exact) mass is 348 g/mol. The summed E-state index contributed by atoms with van der Waals surface area (Å²) in [5, 5.41) is 4.08. The van der Waals surface area contributed by atoms with Gasteiger partial charge in [0.05, 0.1) is 4.90 Å². The lowest BCUT2D eigenvalue weighted by molar-refractivity contribution is 0.0792. The molecule has 1 amide bonds. The van der Waals surface area contributed by atoms with Gasteiger partial charge in [0.25, 0.3) is 15.9 Å². The van der Waals surface area contributed by atoms with Crippen LogP contribution >= 0.6 is 0 Å². The number of anilines is 1.